The summed E-state index contributed by atoms with van der Waals surface area (Å²) in [5.41, 5.74) is -0.664. The first kappa shape index (κ1) is 27.0. The molecule has 0 unspecified atom stereocenters. The Morgan fingerprint density at radius 3 is 2.44 bits per heavy atom. The zero-order valence-electron chi connectivity index (χ0n) is 19.4. The van der Waals surface area contributed by atoms with Gasteiger partial charge in [-0.05, 0) is 43.7 Å². The number of anilines is 5. The Labute approximate surface area is 210 Å². The van der Waals surface area contributed by atoms with E-state index in [2.05, 4.69) is 32.5 Å². The van der Waals surface area contributed by atoms with Crippen LogP contribution in [-0.4, -0.2) is 42.5 Å². The lowest BCUT2D eigenvalue weighted by Crippen LogP contribution is -2.24. The number of alkyl halides is 3. The van der Waals surface area contributed by atoms with Crippen LogP contribution in [0.15, 0.2) is 60.8 Å². The van der Waals surface area contributed by atoms with Crippen LogP contribution in [0.5, 0.6) is 5.75 Å². The molecule has 0 aliphatic rings. The van der Waals surface area contributed by atoms with Crippen LogP contribution in [0.2, 0.25) is 5.02 Å². The van der Waals surface area contributed by atoms with E-state index < -0.39 is 24.8 Å². The molecule has 13 heteroatoms. The van der Waals surface area contributed by atoms with Gasteiger partial charge < -0.3 is 25.3 Å². The number of hydrogen-bond donors (Lipinski definition) is 3. The summed E-state index contributed by atoms with van der Waals surface area (Å²) in [5, 5.41) is 8.91. The van der Waals surface area contributed by atoms with Crippen molar-refractivity contribution in [2.75, 3.05) is 36.4 Å². The fourth-order valence-corrected chi connectivity index (χ4v) is 4.32. The van der Waals surface area contributed by atoms with Crippen molar-refractivity contribution in [2.45, 2.75) is 6.18 Å². The number of para-hydroxylation sites is 1. The summed E-state index contributed by atoms with van der Waals surface area (Å²) in [6, 6.07) is 11.2. The molecule has 0 aliphatic carbocycles. The molecule has 3 N–H and O–H groups in total. The van der Waals surface area contributed by atoms with Gasteiger partial charge in [0.1, 0.15) is 23.5 Å². The summed E-state index contributed by atoms with van der Waals surface area (Å²) in [4.78, 5) is 20.4. The molecule has 3 rings (SSSR count). The Balaban J connectivity index is 1.89. The Morgan fingerprint density at radius 1 is 1.11 bits per heavy atom. The summed E-state index contributed by atoms with van der Waals surface area (Å²) in [5.74, 6) is -0.799. The van der Waals surface area contributed by atoms with Crippen molar-refractivity contribution in [3.05, 3.63) is 65.8 Å². The van der Waals surface area contributed by atoms with Crippen LogP contribution in [0.3, 0.4) is 0 Å². The number of carbonyl (C=O) groups is 1. The smallest absolute Gasteiger partial charge is 0.421 e. The average Bonchev–Trinajstić information content (AvgIpc) is 2.80. The quantitative estimate of drug-likeness (QED) is 0.241. The van der Waals surface area contributed by atoms with Gasteiger partial charge in [0, 0.05) is 11.0 Å². The number of aromatic nitrogens is 2. The second-order valence-corrected chi connectivity index (χ2v) is 11.4. The third-order valence-electron chi connectivity index (χ3n) is 4.80. The van der Waals surface area contributed by atoms with Crippen molar-refractivity contribution in [1.29, 1.82) is 0 Å². The molecule has 0 spiro atoms. The monoisotopic (exact) mass is 539 g/mol. The standard InChI is InChI=1S/C23H22ClF3N5O3P/c1-13(23(25,26)27)21(33)29-14-9-10-18(35-2)17(11-14)31-22-28-12-15(24)20(32-22)30-16-7-5-6-8-19(16)36(3,4)34/h5-12H,1H2,2-4H3,(H,29,33)(H2,28,30,31,32). The molecule has 0 saturated carbocycles. The van der Waals surface area contributed by atoms with Crippen molar-refractivity contribution in [3.8, 4) is 5.75 Å². The number of halogens is 4. The van der Waals surface area contributed by atoms with Crippen LogP contribution >= 0.6 is 18.7 Å². The third kappa shape index (κ3) is 6.56. The van der Waals surface area contributed by atoms with Crippen LogP contribution in [-0.2, 0) is 9.36 Å². The maximum absolute atomic E-state index is 12.8. The van der Waals surface area contributed by atoms with Crippen LogP contribution in [0, 0.1) is 0 Å². The molecule has 3 aromatic rings. The second kappa shape index (κ2) is 10.6. The molecule has 1 amide bonds. The summed E-state index contributed by atoms with van der Waals surface area (Å²) < 4.78 is 56.2. The lowest BCUT2D eigenvalue weighted by molar-refractivity contribution is -0.126. The molecule has 0 radical (unpaired) electrons. The van der Waals surface area contributed by atoms with Gasteiger partial charge in [-0.3, -0.25) is 4.79 Å². The number of nitrogens with one attached hydrogen (secondary N) is 3. The van der Waals surface area contributed by atoms with Crippen molar-refractivity contribution < 1.29 is 27.3 Å². The summed E-state index contributed by atoms with van der Waals surface area (Å²) >= 11 is 6.27. The first-order chi connectivity index (χ1) is 16.8. The largest absolute Gasteiger partial charge is 0.495 e. The highest BCUT2D eigenvalue weighted by Crippen LogP contribution is 2.39. The van der Waals surface area contributed by atoms with E-state index in [4.69, 9.17) is 16.3 Å². The molecule has 36 heavy (non-hydrogen) atoms. The minimum Gasteiger partial charge on any atom is -0.495 e. The molecule has 190 valence electrons. The van der Waals surface area contributed by atoms with Crippen molar-refractivity contribution >= 4 is 58.8 Å². The minimum absolute atomic E-state index is 0.0524. The molecule has 0 aliphatic heterocycles. The van der Waals surface area contributed by atoms with E-state index in [1.165, 1.54) is 31.5 Å². The maximum Gasteiger partial charge on any atom is 0.421 e. The molecule has 1 aromatic heterocycles. The topological polar surface area (TPSA) is 105 Å². The number of hydrogen-bond acceptors (Lipinski definition) is 7. The van der Waals surface area contributed by atoms with E-state index >= 15 is 0 Å². The number of methoxy groups -OCH3 is 1. The van der Waals surface area contributed by atoms with E-state index in [1.54, 1.807) is 37.6 Å². The van der Waals surface area contributed by atoms with E-state index in [0.29, 0.717) is 16.7 Å². The van der Waals surface area contributed by atoms with Gasteiger partial charge in [0.15, 0.2) is 5.82 Å². The fourth-order valence-electron chi connectivity index (χ4n) is 3.03. The second-order valence-electron chi connectivity index (χ2n) is 7.85. The van der Waals surface area contributed by atoms with Crippen LogP contribution < -0.4 is 26.0 Å². The number of benzene rings is 2. The van der Waals surface area contributed by atoms with E-state index in [0.717, 1.165) is 0 Å². The third-order valence-corrected chi connectivity index (χ3v) is 6.63. The predicted octanol–water partition coefficient (Wildman–Crippen LogP) is 5.93. The van der Waals surface area contributed by atoms with Gasteiger partial charge in [0.25, 0.3) is 5.91 Å². The Morgan fingerprint density at radius 2 is 1.81 bits per heavy atom. The van der Waals surface area contributed by atoms with Crippen LogP contribution in [0.1, 0.15) is 0 Å². The first-order valence-corrected chi connectivity index (χ1v) is 13.2. The van der Waals surface area contributed by atoms with Gasteiger partial charge in [-0.2, -0.15) is 18.2 Å². The Bertz CT molecular complexity index is 1360. The summed E-state index contributed by atoms with van der Waals surface area (Å²) in [7, 11) is -1.22. The average molecular weight is 540 g/mol. The SMILES string of the molecule is C=C(C(=O)Nc1ccc(OC)c(Nc2ncc(Cl)c(Nc3ccccc3P(C)(C)=O)n2)c1)C(F)(F)F. The molecule has 1 heterocycles. The number of rotatable bonds is 8. The van der Waals surface area contributed by atoms with E-state index in [9.17, 15) is 22.5 Å². The molecule has 0 bridgehead atoms. The fraction of sp³-hybridized carbons (Fsp3) is 0.174. The molecule has 0 saturated heterocycles. The van der Waals surface area contributed by atoms with Crippen molar-refractivity contribution in [1.82, 2.24) is 9.97 Å². The van der Waals surface area contributed by atoms with Crippen LogP contribution in [0.25, 0.3) is 0 Å². The van der Waals surface area contributed by atoms with Gasteiger partial charge >= 0.3 is 6.18 Å². The minimum atomic E-state index is -4.86. The lowest BCUT2D eigenvalue weighted by atomic mass is 10.2. The number of carbonyl (C=O) groups excluding carboxylic acids is 1. The zero-order valence-corrected chi connectivity index (χ0v) is 21.1. The lowest BCUT2D eigenvalue weighted by Gasteiger charge is -2.16. The van der Waals surface area contributed by atoms with Gasteiger partial charge in [-0.1, -0.05) is 30.3 Å². The highest BCUT2D eigenvalue weighted by Gasteiger charge is 2.36. The zero-order chi connectivity index (χ0) is 26.7. The number of nitrogens with zero attached hydrogens (tertiary/aromatic N) is 2. The van der Waals surface area contributed by atoms with Crippen LogP contribution in [0.4, 0.5) is 42.0 Å². The van der Waals surface area contributed by atoms with E-state index in [1.807, 2.05) is 0 Å². The highest BCUT2D eigenvalue weighted by atomic mass is 35.5. The summed E-state index contributed by atoms with van der Waals surface area (Å²) in [6.45, 7) is 6.07. The first-order valence-electron chi connectivity index (χ1n) is 10.3. The van der Waals surface area contributed by atoms with Gasteiger partial charge in [-0.15, -0.1) is 0 Å². The van der Waals surface area contributed by atoms with Crippen molar-refractivity contribution in [2.24, 2.45) is 0 Å². The molecule has 2 aromatic carbocycles. The molecular formula is C23H22ClF3N5O3P. The Kier molecular flexibility index (Phi) is 7.96. The number of ether oxygens (including phenoxy) is 1. The normalized spacial score (nSPS) is 11.5. The van der Waals surface area contributed by atoms with Gasteiger partial charge in [0.2, 0.25) is 5.95 Å². The molecule has 0 atom stereocenters. The maximum atomic E-state index is 12.8. The Hall–Kier alpha value is -3.56. The number of amides is 1. The van der Waals surface area contributed by atoms with Gasteiger partial charge in [0.05, 0.1) is 24.7 Å². The molecule has 8 nitrogen and oxygen atoms in total. The van der Waals surface area contributed by atoms with Gasteiger partial charge in [-0.25, -0.2) is 4.98 Å². The molecule has 0 fully saturated rings. The summed E-state index contributed by atoms with van der Waals surface area (Å²) in [6.07, 6.45) is -3.52. The predicted molar refractivity (Wildman–Crippen MR) is 136 cm³/mol. The highest BCUT2D eigenvalue weighted by molar-refractivity contribution is 7.70. The van der Waals surface area contributed by atoms with Crippen molar-refractivity contribution in [3.63, 3.8) is 0 Å². The van der Waals surface area contributed by atoms with E-state index in [-0.39, 0.29) is 28.2 Å². The molecular weight excluding hydrogens is 518 g/mol.